The van der Waals surface area contributed by atoms with Crippen LogP contribution in [0.1, 0.15) is 19.4 Å². The van der Waals surface area contributed by atoms with Crippen LogP contribution in [-0.2, 0) is 6.54 Å². The zero-order valence-electron chi connectivity index (χ0n) is 8.86. The van der Waals surface area contributed by atoms with Crippen LogP contribution < -0.4 is 5.32 Å². The van der Waals surface area contributed by atoms with Crippen LogP contribution in [0.4, 0.5) is 4.79 Å². The Labute approximate surface area is 93.9 Å². The van der Waals surface area contributed by atoms with Gasteiger partial charge in [-0.05, 0) is 17.7 Å². The number of carboxylic acid groups (broad SMARTS) is 1. The van der Waals surface area contributed by atoms with Gasteiger partial charge in [0.25, 0.3) is 0 Å². The van der Waals surface area contributed by atoms with Crippen molar-refractivity contribution in [3.63, 3.8) is 0 Å². The second kappa shape index (κ2) is 5.66. The van der Waals surface area contributed by atoms with E-state index in [2.05, 4.69) is 19.2 Å². The predicted molar refractivity (Wildman–Crippen MR) is 62.3 cm³/mol. The third kappa shape index (κ3) is 4.74. The molecule has 1 amide bonds. The third-order valence-electron chi connectivity index (χ3n) is 1.74. The van der Waals surface area contributed by atoms with Gasteiger partial charge in [0.2, 0.25) is 0 Å². The maximum Gasteiger partial charge on any atom is 0.404 e. The van der Waals surface area contributed by atoms with Crippen molar-refractivity contribution >= 4 is 17.9 Å². The lowest BCUT2D eigenvalue weighted by Gasteiger charge is -2.06. The summed E-state index contributed by atoms with van der Waals surface area (Å²) < 4.78 is 0. The van der Waals surface area contributed by atoms with Gasteiger partial charge >= 0.3 is 6.09 Å². The van der Waals surface area contributed by atoms with E-state index < -0.39 is 6.09 Å². The van der Waals surface area contributed by atoms with E-state index in [-0.39, 0.29) is 0 Å². The number of hydrogen-bond acceptors (Lipinski definition) is 2. The Morgan fingerprint density at radius 1 is 1.40 bits per heavy atom. The molecular weight excluding hydrogens is 210 g/mol. The fourth-order valence-electron chi connectivity index (χ4n) is 1.14. The van der Waals surface area contributed by atoms with Gasteiger partial charge in [0.05, 0.1) is 0 Å². The summed E-state index contributed by atoms with van der Waals surface area (Å²) in [6.07, 6.45) is -0.990. The molecular formula is C11H15NO2S. The van der Waals surface area contributed by atoms with Gasteiger partial charge in [-0.15, -0.1) is 11.8 Å². The molecule has 15 heavy (non-hydrogen) atoms. The maximum atomic E-state index is 10.3. The normalized spacial score (nSPS) is 10.3. The van der Waals surface area contributed by atoms with Gasteiger partial charge in [-0.1, -0.05) is 26.0 Å². The second-order valence-electron chi connectivity index (χ2n) is 3.47. The van der Waals surface area contributed by atoms with Crippen LogP contribution in [0.2, 0.25) is 0 Å². The summed E-state index contributed by atoms with van der Waals surface area (Å²) in [5, 5.41) is 11.3. The Kier molecular flexibility index (Phi) is 4.49. The first-order chi connectivity index (χ1) is 7.08. The van der Waals surface area contributed by atoms with Crippen LogP contribution in [0.3, 0.4) is 0 Å². The lowest BCUT2D eigenvalue weighted by molar-refractivity contribution is 0.194. The topological polar surface area (TPSA) is 49.3 Å². The lowest BCUT2D eigenvalue weighted by Crippen LogP contribution is -2.19. The average Bonchev–Trinajstić information content (AvgIpc) is 2.16. The summed E-state index contributed by atoms with van der Waals surface area (Å²) in [5.41, 5.74) is 0.977. The number of nitrogens with one attached hydrogen (secondary N) is 1. The molecule has 0 saturated carbocycles. The summed E-state index contributed by atoms with van der Waals surface area (Å²) in [6.45, 7) is 4.65. The van der Waals surface area contributed by atoms with E-state index in [1.54, 1.807) is 11.8 Å². The summed E-state index contributed by atoms with van der Waals surface area (Å²) >= 11 is 1.79. The predicted octanol–water partition coefficient (Wildman–Crippen LogP) is 2.95. The second-order valence-corrected chi connectivity index (χ2v) is 5.12. The van der Waals surface area contributed by atoms with Crippen molar-refractivity contribution in [3.8, 4) is 0 Å². The van der Waals surface area contributed by atoms with Gasteiger partial charge in [0, 0.05) is 16.7 Å². The number of amides is 1. The molecule has 0 fully saturated rings. The summed E-state index contributed by atoms with van der Waals surface area (Å²) in [5.74, 6) is 0. The zero-order valence-corrected chi connectivity index (χ0v) is 9.67. The van der Waals surface area contributed by atoms with Crippen molar-refractivity contribution in [1.82, 2.24) is 5.32 Å². The average molecular weight is 225 g/mol. The highest BCUT2D eigenvalue weighted by Gasteiger charge is 1.99. The van der Waals surface area contributed by atoms with Crippen molar-refractivity contribution in [2.75, 3.05) is 0 Å². The molecule has 4 heteroatoms. The lowest BCUT2D eigenvalue weighted by atomic mass is 10.2. The molecule has 0 radical (unpaired) electrons. The van der Waals surface area contributed by atoms with E-state index >= 15 is 0 Å². The third-order valence-corrected chi connectivity index (χ3v) is 2.75. The van der Waals surface area contributed by atoms with Crippen molar-refractivity contribution in [1.29, 1.82) is 0 Å². The molecule has 3 nitrogen and oxygen atoms in total. The van der Waals surface area contributed by atoms with Gasteiger partial charge in [-0.2, -0.15) is 0 Å². The highest BCUT2D eigenvalue weighted by atomic mass is 32.2. The van der Waals surface area contributed by atoms with Gasteiger partial charge in [-0.3, -0.25) is 0 Å². The number of benzene rings is 1. The van der Waals surface area contributed by atoms with E-state index in [9.17, 15) is 4.79 Å². The van der Waals surface area contributed by atoms with Crippen LogP contribution in [0.5, 0.6) is 0 Å². The molecule has 0 aromatic heterocycles. The first-order valence-electron chi connectivity index (χ1n) is 4.80. The van der Waals surface area contributed by atoms with Crippen LogP contribution in [0.25, 0.3) is 0 Å². The number of rotatable bonds is 4. The standard InChI is InChI=1S/C11H15NO2S/c1-8(2)15-10-5-3-9(4-6-10)7-12-11(13)14/h3-6,8,12H,7H2,1-2H3,(H,13,14). The molecule has 1 aromatic rings. The first-order valence-corrected chi connectivity index (χ1v) is 5.68. The smallest absolute Gasteiger partial charge is 0.404 e. The van der Waals surface area contributed by atoms with E-state index in [0.717, 1.165) is 5.56 Å². The quantitative estimate of drug-likeness (QED) is 0.774. The first kappa shape index (κ1) is 11.9. The van der Waals surface area contributed by atoms with E-state index in [1.165, 1.54) is 4.90 Å². The van der Waals surface area contributed by atoms with Crippen LogP contribution >= 0.6 is 11.8 Å². The Morgan fingerprint density at radius 2 is 2.00 bits per heavy atom. The van der Waals surface area contributed by atoms with Crippen molar-refractivity contribution in [2.24, 2.45) is 0 Å². The van der Waals surface area contributed by atoms with Crippen molar-refractivity contribution in [3.05, 3.63) is 29.8 Å². The summed E-state index contributed by atoms with van der Waals surface area (Å²) in [4.78, 5) is 11.5. The van der Waals surface area contributed by atoms with Crippen LogP contribution in [0.15, 0.2) is 29.2 Å². The maximum absolute atomic E-state index is 10.3. The minimum Gasteiger partial charge on any atom is -0.465 e. The highest BCUT2D eigenvalue weighted by Crippen LogP contribution is 2.22. The summed E-state index contributed by atoms with van der Waals surface area (Å²) in [7, 11) is 0. The fourth-order valence-corrected chi connectivity index (χ4v) is 1.97. The van der Waals surface area contributed by atoms with Gasteiger partial charge < -0.3 is 10.4 Å². The van der Waals surface area contributed by atoms with E-state index in [0.29, 0.717) is 11.8 Å². The Morgan fingerprint density at radius 3 is 2.47 bits per heavy atom. The SMILES string of the molecule is CC(C)Sc1ccc(CNC(=O)O)cc1. The molecule has 0 saturated heterocycles. The largest absolute Gasteiger partial charge is 0.465 e. The molecule has 1 aromatic carbocycles. The van der Waals surface area contributed by atoms with Crippen LogP contribution in [0, 0.1) is 0 Å². The van der Waals surface area contributed by atoms with Crippen LogP contribution in [-0.4, -0.2) is 16.4 Å². The fraction of sp³-hybridized carbons (Fsp3) is 0.364. The number of carbonyl (C=O) groups is 1. The molecule has 2 N–H and O–H groups in total. The Balaban J connectivity index is 2.52. The van der Waals surface area contributed by atoms with E-state index in [1.807, 2.05) is 24.3 Å². The van der Waals surface area contributed by atoms with Gasteiger partial charge in [0.15, 0.2) is 0 Å². The molecule has 82 valence electrons. The molecule has 0 unspecified atom stereocenters. The summed E-state index contributed by atoms with van der Waals surface area (Å²) in [6, 6.07) is 7.92. The minimum atomic E-state index is -0.990. The molecule has 0 atom stereocenters. The number of hydrogen-bond donors (Lipinski definition) is 2. The minimum absolute atomic E-state index is 0.363. The molecule has 0 bridgehead atoms. The Hall–Kier alpha value is -1.16. The molecule has 0 heterocycles. The molecule has 0 spiro atoms. The highest BCUT2D eigenvalue weighted by molar-refractivity contribution is 7.99. The van der Waals surface area contributed by atoms with Crippen molar-refractivity contribution < 1.29 is 9.90 Å². The van der Waals surface area contributed by atoms with Crippen molar-refractivity contribution in [2.45, 2.75) is 30.5 Å². The monoisotopic (exact) mass is 225 g/mol. The van der Waals surface area contributed by atoms with E-state index in [4.69, 9.17) is 5.11 Å². The molecule has 1 rings (SSSR count). The molecule has 0 aliphatic rings. The number of thioether (sulfide) groups is 1. The Bertz CT molecular complexity index is 322. The molecule has 0 aliphatic carbocycles. The van der Waals surface area contributed by atoms with Gasteiger partial charge in [0.1, 0.15) is 0 Å². The van der Waals surface area contributed by atoms with Gasteiger partial charge in [-0.25, -0.2) is 4.79 Å². The molecule has 0 aliphatic heterocycles. The zero-order chi connectivity index (χ0) is 11.3.